The smallest absolute Gasteiger partial charge is 0.149 e. The van der Waals surface area contributed by atoms with Crippen molar-refractivity contribution in [3.8, 4) is 39.6 Å². The molecule has 242 valence electrons. The van der Waals surface area contributed by atoms with Crippen LogP contribution in [0.15, 0.2) is 146 Å². The largest absolute Gasteiger partial charge is 0.497 e. The number of fused-ring (bicyclic) bond motifs is 6. The highest BCUT2D eigenvalue weighted by molar-refractivity contribution is 6.26. The molecule has 0 spiro atoms. The summed E-state index contributed by atoms with van der Waals surface area (Å²) in [6.45, 7) is 6.78. The molecule has 5 nitrogen and oxygen atoms in total. The van der Waals surface area contributed by atoms with Gasteiger partial charge in [0.1, 0.15) is 22.9 Å². The molecule has 5 aromatic carbocycles. The van der Waals surface area contributed by atoms with Gasteiger partial charge in [0.25, 0.3) is 0 Å². The average Bonchev–Trinajstić information content (AvgIpc) is 3.67. The Kier molecular flexibility index (Phi) is 6.85. The van der Waals surface area contributed by atoms with Gasteiger partial charge in [-0.05, 0) is 65.1 Å². The summed E-state index contributed by atoms with van der Waals surface area (Å²) >= 11 is 0. The van der Waals surface area contributed by atoms with E-state index in [9.17, 15) is 0 Å². The zero-order valence-corrected chi connectivity index (χ0v) is 28.6. The zero-order valence-electron chi connectivity index (χ0n) is 28.6. The summed E-state index contributed by atoms with van der Waals surface area (Å²) in [5, 5.41) is 4.50. The van der Waals surface area contributed by atoms with E-state index in [0.717, 1.165) is 83.5 Å². The van der Waals surface area contributed by atoms with Gasteiger partial charge in [-0.3, -0.25) is 9.13 Å². The highest BCUT2D eigenvalue weighted by atomic mass is 16.5. The number of nitrogens with zero attached hydrogens (tertiary/aromatic N) is 4. The molecule has 0 amide bonds. The molecule has 9 rings (SSSR count). The van der Waals surface area contributed by atoms with Crippen LogP contribution in [0.2, 0.25) is 0 Å². The van der Waals surface area contributed by atoms with Gasteiger partial charge in [0.2, 0.25) is 0 Å². The normalized spacial score (nSPS) is 12.0. The van der Waals surface area contributed by atoms with Crippen LogP contribution in [0.1, 0.15) is 26.3 Å². The molecule has 4 aromatic heterocycles. The van der Waals surface area contributed by atoms with Crippen molar-refractivity contribution in [2.24, 2.45) is 0 Å². The first-order valence-electron chi connectivity index (χ1n) is 17.1. The van der Waals surface area contributed by atoms with Crippen LogP contribution in [0.4, 0.5) is 0 Å². The van der Waals surface area contributed by atoms with E-state index in [1.807, 2.05) is 18.2 Å². The lowest BCUT2D eigenvalue weighted by Crippen LogP contribution is -2.13. The number of para-hydroxylation sites is 3. The van der Waals surface area contributed by atoms with E-state index >= 15 is 0 Å². The summed E-state index contributed by atoms with van der Waals surface area (Å²) in [5.74, 6) is 1.67. The standard InChI is InChI=1S/C45H36N4O/c1-45(2,3)31-27-36(29-15-7-5-8-16-29)46-39(28-31)49-38-22-14-12-20-35(38)42-40(30-23-25-33(50-4)26-24-30)41-34-19-11-13-21-37(34)48(43(41)47-44(42)49)32-17-9-6-10-18-32/h5-28H,1-4H3. The maximum Gasteiger partial charge on any atom is 0.149 e. The van der Waals surface area contributed by atoms with Gasteiger partial charge in [-0.1, -0.05) is 118 Å². The fourth-order valence-electron chi connectivity index (χ4n) is 7.32. The molecule has 0 bridgehead atoms. The van der Waals surface area contributed by atoms with Crippen molar-refractivity contribution in [3.05, 3.63) is 151 Å². The first kappa shape index (κ1) is 29.9. The number of aromatic nitrogens is 4. The summed E-state index contributed by atoms with van der Waals surface area (Å²) in [4.78, 5) is 11.1. The minimum absolute atomic E-state index is 0.103. The van der Waals surface area contributed by atoms with Crippen LogP contribution >= 0.6 is 0 Å². The molecule has 5 heteroatoms. The Labute approximate surface area is 291 Å². The van der Waals surface area contributed by atoms with Gasteiger partial charge in [0.05, 0.1) is 23.8 Å². The second-order valence-corrected chi connectivity index (χ2v) is 13.9. The lowest BCUT2D eigenvalue weighted by molar-refractivity contribution is 0.415. The van der Waals surface area contributed by atoms with Crippen molar-refractivity contribution in [3.63, 3.8) is 0 Å². The fourth-order valence-corrected chi connectivity index (χ4v) is 7.32. The molecule has 0 atom stereocenters. The van der Waals surface area contributed by atoms with Gasteiger partial charge >= 0.3 is 0 Å². The van der Waals surface area contributed by atoms with Crippen molar-refractivity contribution in [1.82, 2.24) is 19.1 Å². The summed E-state index contributed by atoms with van der Waals surface area (Å²) in [6, 6.07) is 51.2. The van der Waals surface area contributed by atoms with E-state index in [4.69, 9.17) is 14.7 Å². The van der Waals surface area contributed by atoms with Crippen LogP contribution in [0, 0.1) is 0 Å². The molecule has 0 unspecified atom stereocenters. The summed E-state index contributed by atoms with van der Waals surface area (Å²) in [6.07, 6.45) is 0. The van der Waals surface area contributed by atoms with Crippen LogP contribution in [-0.2, 0) is 5.41 Å². The Morgan fingerprint density at radius 2 is 1.10 bits per heavy atom. The Hall–Kier alpha value is -6.20. The number of pyridine rings is 2. The van der Waals surface area contributed by atoms with Crippen molar-refractivity contribution in [2.45, 2.75) is 26.2 Å². The maximum absolute atomic E-state index is 5.68. The van der Waals surface area contributed by atoms with Crippen LogP contribution in [0.25, 0.3) is 77.8 Å². The second kappa shape index (κ2) is 11.5. The molecular formula is C45H36N4O. The number of rotatable bonds is 5. The predicted octanol–water partition coefficient (Wildman–Crippen LogP) is 11.3. The molecule has 0 fully saturated rings. The summed E-state index contributed by atoms with van der Waals surface area (Å²) in [7, 11) is 1.71. The van der Waals surface area contributed by atoms with E-state index < -0.39 is 0 Å². The summed E-state index contributed by atoms with van der Waals surface area (Å²) in [5.41, 5.74) is 10.4. The first-order chi connectivity index (χ1) is 24.4. The molecule has 0 aliphatic rings. The van der Waals surface area contributed by atoms with Gasteiger partial charge in [0, 0.05) is 38.4 Å². The Morgan fingerprint density at radius 3 is 1.72 bits per heavy atom. The highest BCUT2D eigenvalue weighted by Crippen LogP contribution is 2.46. The monoisotopic (exact) mass is 648 g/mol. The quantitative estimate of drug-likeness (QED) is 0.187. The van der Waals surface area contributed by atoms with Crippen LogP contribution in [0.5, 0.6) is 5.75 Å². The van der Waals surface area contributed by atoms with Crippen LogP contribution < -0.4 is 4.74 Å². The molecule has 0 saturated carbocycles. The molecule has 0 radical (unpaired) electrons. The zero-order chi connectivity index (χ0) is 34.0. The minimum Gasteiger partial charge on any atom is -0.497 e. The molecule has 4 heterocycles. The topological polar surface area (TPSA) is 44.9 Å². The average molecular weight is 649 g/mol. The maximum atomic E-state index is 5.68. The van der Waals surface area contributed by atoms with Gasteiger partial charge in [0.15, 0.2) is 0 Å². The molecule has 0 aliphatic heterocycles. The molecule has 0 aliphatic carbocycles. The Morgan fingerprint density at radius 1 is 0.540 bits per heavy atom. The number of methoxy groups -OCH3 is 1. The van der Waals surface area contributed by atoms with Gasteiger partial charge in [-0.2, -0.15) is 0 Å². The van der Waals surface area contributed by atoms with E-state index in [1.165, 1.54) is 5.56 Å². The van der Waals surface area contributed by atoms with Gasteiger partial charge < -0.3 is 4.74 Å². The van der Waals surface area contributed by atoms with E-state index in [2.05, 4.69) is 157 Å². The highest BCUT2D eigenvalue weighted by Gasteiger charge is 2.26. The lowest BCUT2D eigenvalue weighted by atomic mass is 9.86. The van der Waals surface area contributed by atoms with Crippen LogP contribution in [-0.4, -0.2) is 26.2 Å². The number of benzene rings is 5. The van der Waals surface area contributed by atoms with Crippen molar-refractivity contribution in [2.75, 3.05) is 7.11 Å². The summed E-state index contributed by atoms with van der Waals surface area (Å²) < 4.78 is 10.2. The third-order valence-electron chi connectivity index (χ3n) is 9.78. The lowest BCUT2D eigenvalue weighted by Gasteiger charge is -2.21. The number of hydrogen-bond donors (Lipinski definition) is 0. The third kappa shape index (κ3) is 4.69. The number of ether oxygens (including phenoxy) is 1. The van der Waals surface area contributed by atoms with E-state index in [0.29, 0.717) is 0 Å². The first-order valence-corrected chi connectivity index (χ1v) is 17.1. The van der Waals surface area contributed by atoms with Gasteiger partial charge in [-0.15, -0.1) is 0 Å². The molecule has 0 N–H and O–H groups in total. The molecule has 0 saturated heterocycles. The SMILES string of the molecule is COc1ccc(-c2c3c4ccccc4n(-c4ccccc4)c3nc3c2c2ccccc2n3-c2cc(C(C)(C)C)cc(-c3ccccc3)n2)cc1. The third-order valence-corrected chi connectivity index (χ3v) is 9.78. The molecular weight excluding hydrogens is 613 g/mol. The fraction of sp³-hybridized carbons (Fsp3) is 0.111. The van der Waals surface area contributed by atoms with E-state index in [-0.39, 0.29) is 5.41 Å². The Balaban J connectivity index is 1.50. The molecule has 50 heavy (non-hydrogen) atoms. The van der Waals surface area contributed by atoms with Crippen LogP contribution in [0.3, 0.4) is 0 Å². The predicted molar refractivity (Wildman–Crippen MR) is 207 cm³/mol. The van der Waals surface area contributed by atoms with Crippen molar-refractivity contribution < 1.29 is 4.74 Å². The number of hydrogen-bond acceptors (Lipinski definition) is 3. The van der Waals surface area contributed by atoms with Crippen molar-refractivity contribution in [1.29, 1.82) is 0 Å². The minimum atomic E-state index is -0.103. The molecule has 9 aromatic rings. The van der Waals surface area contributed by atoms with E-state index in [1.54, 1.807) is 7.11 Å². The van der Waals surface area contributed by atoms with Crippen molar-refractivity contribution >= 4 is 43.9 Å². The Bertz CT molecular complexity index is 2700. The second-order valence-electron chi connectivity index (χ2n) is 13.9. The van der Waals surface area contributed by atoms with Gasteiger partial charge in [-0.25, -0.2) is 9.97 Å².